The van der Waals surface area contributed by atoms with E-state index in [4.69, 9.17) is 0 Å². The third-order valence-electron chi connectivity index (χ3n) is 3.19. The molecule has 0 spiro atoms. The molecule has 1 heterocycles. The standard InChI is InChI=1S/C15H27NS/c1-7-16-11-10-15(5,6)13-9-8-12(17-13)14(2,3)4/h8-9,16H,7,10-11H2,1-6H3. The Labute approximate surface area is 111 Å². The van der Waals surface area contributed by atoms with Crippen LogP contribution in [-0.2, 0) is 10.8 Å². The van der Waals surface area contributed by atoms with Crippen molar-refractivity contribution in [1.82, 2.24) is 5.32 Å². The lowest BCUT2D eigenvalue weighted by Crippen LogP contribution is -2.24. The zero-order valence-electron chi connectivity index (χ0n) is 12.2. The van der Waals surface area contributed by atoms with E-state index in [-0.39, 0.29) is 10.8 Å². The zero-order chi connectivity index (χ0) is 13.1. The van der Waals surface area contributed by atoms with Gasteiger partial charge in [-0.05, 0) is 37.1 Å². The van der Waals surface area contributed by atoms with Crippen LogP contribution in [0.25, 0.3) is 0 Å². The molecular formula is C15H27NS. The quantitative estimate of drug-likeness (QED) is 0.771. The fourth-order valence-corrected chi connectivity index (χ4v) is 3.00. The van der Waals surface area contributed by atoms with Gasteiger partial charge in [-0.25, -0.2) is 0 Å². The molecule has 1 N–H and O–H groups in total. The van der Waals surface area contributed by atoms with Crippen LogP contribution in [0.5, 0.6) is 0 Å². The van der Waals surface area contributed by atoms with E-state index in [9.17, 15) is 0 Å². The van der Waals surface area contributed by atoms with Crippen molar-refractivity contribution in [2.75, 3.05) is 13.1 Å². The largest absolute Gasteiger partial charge is 0.317 e. The first-order chi connectivity index (χ1) is 7.77. The molecule has 1 rings (SSSR count). The Morgan fingerprint density at radius 1 is 1.06 bits per heavy atom. The Hall–Kier alpha value is -0.340. The van der Waals surface area contributed by atoms with E-state index in [1.807, 2.05) is 11.3 Å². The van der Waals surface area contributed by atoms with Crippen LogP contribution < -0.4 is 5.32 Å². The fraction of sp³-hybridized carbons (Fsp3) is 0.733. The van der Waals surface area contributed by atoms with Gasteiger partial charge in [0.25, 0.3) is 0 Å². The van der Waals surface area contributed by atoms with Crippen LogP contribution in [-0.4, -0.2) is 13.1 Å². The first kappa shape index (κ1) is 14.7. The van der Waals surface area contributed by atoms with Crippen LogP contribution in [0.4, 0.5) is 0 Å². The van der Waals surface area contributed by atoms with Gasteiger partial charge in [-0.3, -0.25) is 0 Å². The van der Waals surface area contributed by atoms with E-state index in [2.05, 4.69) is 59.0 Å². The topological polar surface area (TPSA) is 12.0 Å². The molecule has 0 aliphatic rings. The number of hydrogen-bond acceptors (Lipinski definition) is 2. The molecule has 17 heavy (non-hydrogen) atoms. The summed E-state index contributed by atoms with van der Waals surface area (Å²) in [5.41, 5.74) is 0.566. The van der Waals surface area contributed by atoms with Gasteiger partial charge in [0.1, 0.15) is 0 Å². The van der Waals surface area contributed by atoms with Gasteiger partial charge in [0.05, 0.1) is 0 Å². The van der Waals surface area contributed by atoms with E-state index in [0.717, 1.165) is 13.1 Å². The molecule has 0 bridgehead atoms. The van der Waals surface area contributed by atoms with Crippen molar-refractivity contribution in [3.8, 4) is 0 Å². The number of nitrogens with one attached hydrogen (secondary N) is 1. The monoisotopic (exact) mass is 253 g/mol. The Morgan fingerprint density at radius 2 is 1.65 bits per heavy atom. The SMILES string of the molecule is CCNCCC(C)(C)c1ccc(C(C)(C)C)s1. The lowest BCUT2D eigenvalue weighted by atomic mass is 9.87. The van der Waals surface area contributed by atoms with Gasteiger partial charge in [-0.2, -0.15) is 0 Å². The highest BCUT2D eigenvalue weighted by atomic mass is 32.1. The lowest BCUT2D eigenvalue weighted by Gasteiger charge is -2.24. The normalized spacial score (nSPS) is 13.1. The molecule has 1 aromatic rings. The highest BCUT2D eigenvalue weighted by Crippen LogP contribution is 2.37. The first-order valence-electron chi connectivity index (χ1n) is 6.59. The van der Waals surface area contributed by atoms with Crippen LogP contribution in [0.3, 0.4) is 0 Å². The van der Waals surface area contributed by atoms with Gasteiger partial charge in [0.15, 0.2) is 0 Å². The molecule has 0 radical (unpaired) electrons. The van der Waals surface area contributed by atoms with Crippen molar-refractivity contribution in [3.63, 3.8) is 0 Å². The van der Waals surface area contributed by atoms with Crippen LogP contribution >= 0.6 is 11.3 Å². The van der Waals surface area contributed by atoms with Crippen molar-refractivity contribution in [3.05, 3.63) is 21.9 Å². The van der Waals surface area contributed by atoms with Crippen molar-refractivity contribution < 1.29 is 0 Å². The van der Waals surface area contributed by atoms with Crippen molar-refractivity contribution in [2.24, 2.45) is 0 Å². The lowest BCUT2D eigenvalue weighted by molar-refractivity contribution is 0.469. The summed E-state index contributed by atoms with van der Waals surface area (Å²) in [6.45, 7) is 15.9. The zero-order valence-corrected chi connectivity index (χ0v) is 13.0. The molecule has 0 atom stereocenters. The summed E-state index contributed by atoms with van der Waals surface area (Å²) in [7, 11) is 0. The molecule has 0 aliphatic heterocycles. The molecule has 0 aromatic carbocycles. The van der Waals surface area contributed by atoms with Gasteiger partial charge in [-0.1, -0.05) is 41.5 Å². The number of hydrogen-bond donors (Lipinski definition) is 1. The summed E-state index contributed by atoms with van der Waals surface area (Å²) >= 11 is 1.98. The van der Waals surface area contributed by atoms with E-state index in [1.54, 1.807) is 0 Å². The second-order valence-electron chi connectivity index (χ2n) is 6.40. The molecule has 98 valence electrons. The number of thiophene rings is 1. The van der Waals surface area contributed by atoms with E-state index >= 15 is 0 Å². The summed E-state index contributed by atoms with van der Waals surface area (Å²) in [6.07, 6.45) is 1.20. The molecular weight excluding hydrogens is 226 g/mol. The summed E-state index contributed by atoms with van der Waals surface area (Å²) in [5.74, 6) is 0. The predicted octanol–water partition coefficient (Wildman–Crippen LogP) is 4.32. The molecule has 2 heteroatoms. The molecule has 0 unspecified atom stereocenters. The third-order valence-corrected chi connectivity index (χ3v) is 5.07. The van der Waals surface area contributed by atoms with Crippen LogP contribution in [0.1, 0.15) is 57.7 Å². The van der Waals surface area contributed by atoms with E-state index in [1.165, 1.54) is 16.2 Å². The van der Waals surface area contributed by atoms with Gasteiger partial charge in [-0.15, -0.1) is 11.3 Å². The minimum atomic E-state index is 0.278. The molecule has 0 saturated carbocycles. The average molecular weight is 253 g/mol. The smallest absolute Gasteiger partial charge is 0.0105 e. The van der Waals surface area contributed by atoms with Gasteiger partial charge >= 0.3 is 0 Å². The average Bonchev–Trinajstić information content (AvgIpc) is 2.66. The molecule has 1 nitrogen and oxygen atoms in total. The minimum Gasteiger partial charge on any atom is -0.317 e. The summed E-state index contributed by atoms with van der Waals surface area (Å²) in [6, 6.07) is 4.62. The molecule has 0 amide bonds. The van der Waals surface area contributed by atoms with Crippen LogP contribution in [0.15, 0.2) is 12.1 Å². The van der Waals surface area contributed by atoms with E-state index < -0.39 is 0 Å². The van der Waals surface area contributed by atoms with Crippen molar-refractivity contribution >= 4 is 11.3 Å². The Kier molecular flexibility index (Phi) is 4.79. The molecule has 0 aliphatic carbocycles. The minimum absolute atomic E-state index is 0.278. The third kappa shape index (κ3) is 4.11. The summed E-state index contributed by atoms with van der Waals surface area (Å²) in [4.78, 5) is 3.00. The van der Waals surface area contributed by atoms with Gasteiger partial charge < -0.3 is 5.32 Å². The predicted molar refractivity (Wildman–Crippen MR) is 79.2 cm³/mol. The van der Waals surface area contributed by atoms with Crippen LogP contribution in [0.2, 0.25) is 0 Å². The summed E-state index contributed by atoms with van der Waals surface area (Å²) < 4.78 is 0. The Bertz CT molecular complexity index is 344. The van der Waals surface area contributed by atoms with Gasteiger partial charge in [0.2, 0.25) is 0 Å². The maximum atomic E-state index is 3.42. The van der Waals surface area contributed by atoms with Crippen molar-refractivity contribution in [1.29, 1.82) is 0 Å². The second-order valence-corrected chi connectivity index (χ2v) is 7.49. The van der Waals surface area contributed by atoms with Crippen molar-refractivity contribution in [2.45, 2.75) is 58.8 Å². The second kappa shape index (κ2) is 5.53. The number of rotatable bonds is 5. The Balaban J connectivity index is 2.74. The van der Waals surface area contributed by atoms with E-state index in [0.29, 0.717) is 0 Å². The first-order valence-corrected chi connectivity index (χ1v) is 7.40. The molecule has 0 fully saturated rings. The van der Waals surface area contributed by atoms with Gasteiger partial charge in [0, 0.05) is 15.2 Å². The highest BCUT2D eigenvalue weighted by Gasteiger charge is 2.24. The maximum absolute atomic E-state index is 3.42. The Morgan fingerprint density at radius 3 is 2.12 bits per heavy atom. The van der Waals surface area contributed by atoms with Crippen LogP contribution in [0, 0.1) is 0 Å². The molecule has 1 aromatic heterocycles. The maximum Gasteiger partial charge on any atom is 0.0105 e. The molecule has 0 saturated heterocycles. The highest BCUT2D eigenvalue weighted by molar-refractivity contribution is 7.12. The summed E-state index contributed by atoms with van der Waals surface area (Å²) in [5, 5.41) is 3.42. The fourth-order valence-electron chi connectivity index (χ4n) is 1.81.